The molecule has 5 nitrogen and oxygen atoms in total. The van der Waals surface area contributed by atoms with Crippen molar-refractivity contribution in [3.05, 3.63) is 23.8 Å². The first kappa shape index (κ1) is 14.7. The molecule has 2 atom stereocenters. The fourth-order valence-electron chi connectivity index (χ4n) is 2.75. The quantitative estimate of drug-likeness (QED) is 0.879. The van der Waals surface area contributed by atoms with Gasteiger partial charge >= 0.3 is 0 Å². The van der Waals surface area contributed by atoms with Crippen LogP contribution in [0.25, 0.3) is 0 Å². The van der Waals surface area contributed by atoms with Crippen LogP contribution in [0.1, 0.15) is 23.7 Å². The summed E-state index contributed by atoms with van der Waals surface area (Å²) in [6, 6.07) is 5.22. The number of ether oxygens (including phenoxy) is 1. The average molecular weight is 278 g/mol. The number of phenols is 1. The molecule has 0 aromatic heterocycles. The van der Waals surface area contributed by atoms with Crippen molar-refractivity contribution in [2.45, 2.75) is 19.4 Å². The van der Waals surface area contributed by atoms with Crippen molar-refractivity contribution in [1.29, 1.82) is 0 Å². The number of likely N-dealkylation sites (tertiary alicyclic amines) is 1. The molecule has 2 rings (SSSR count). The van der Waals surface area contributed by atoms with E-state index in [0.717, 1.165) is 6.42 Å². The molecule has 20 heavy (non-hydrogen) atoms. The smallest absolute Gasteiger partial charge is 0.257 e. The first-order valence-electron chi connectivity index (χ1n) is 6.90. The number of hydrogen-bond donors (Lipinski definition) is 2. The lowest BCUT2D eigenvalue weighted by atomic mass is 9.93. The summed E-state index contributed by atoms with van der Waals surface area (Å²) in [4.78, 5) is 14.3. The number of aromatic hydroxyl groups is 1. The number of benzene rings is 1. The first-order chi connectivity index (χ1) is 9.56. The highest BCUT2D eigenvalue weighted by molar-refractivity contribution is 5.97. The third-order valence-electron chi connectivity index (χ3n) is 4.00. The molecular weight excluding hydrogens is 256 g/mol. The van der Waals surface area contributed by atoms with Crippen molar-refractivity contribution in [2.24, 2.45) is 5.92 Å². The van der Waals surface area contributed by atoms with E-state index in [9.17, 15) is 9.90 Å². The molecule has 0 saturated carbocycles. The number of phenolic OH excluding ortho intramolecular Hbond substituents is 1. The van der Waals surface area contributed by atoms with Gasteiger partial charge in [-0.1, -0.05) is 6.92 Å². The lowest BCUT2D eigenvalue weighted by molar-refractivity contribution is 0.0646. The summed E-state index contributed by atoms with van der Waals surface area (Å²) in [6.07, 6.45) is 0.931. The first-order valence-corrected chi connectivity index (χ1v) is 6.90. The third-order valence-corrected chi connectivity index (χ3v) is 4.00. The Bertz CT molecular complexity index is 490. The lowest BCUT2D eigenvalue weighted by Crippen LogP contribution is -2.49. The number of amides is 1. The van der Waals surface area contributed by atoms with Crippen molar-refractivity contribution in [3.8, 4) is 11.5 Å². The maximum Gasteiger partial charge on any atom is 0.257 e. The van der Waals surface area contributed by atoms with E-state index in [4.69, 9.17) is 4.74 Å². The number of carbonyl (C=O) groups is 1. The van der Waals surface area contributed by atoms with Gasteiger partial charge in [-0.15, -0.1) is 0 Å². The summed E-state index contributed by atoms with van der Waals surface area (Å²) in [6.45, 7) is 3.55. The molecule has 1 aromatic rings. The molecule has 0 radical (unpaired) electrons. The Morgan fingerprint density at radius 3 is 2.80 bits per heavy atom. The molecule has 5 heteroatoms. The minimum Gasteiger partial charge on any atom is -0.507 e. The zero-order chi connectivity index (χ0) is 14.7. The van der Waals surface area contributed by atoms with Crippen LogP contribution in [-0.2, 0) is 0 Å². The van der Waals surface area contributed by atoms with Crippen molar-refractivity contribution in [2.75, 3.05) is 27.2 Å². The van der Waals surface area contributed by atoms with Crippen LogP contribution in [0.15, 0.2) is 18.2 Å². The van der Waals surface area contributed by atoms with Gasteiger partial charge in [0.1, 0.15) is 11.5 Å². The predicted octanol–water partition coefficient (Wildman–Crippen LogP) is 1.47. The maximum absolute atomic E-state index is 12.5. The summed E-state index contributed by atoms with van der Waals surface area (Å²) >= 11 is 0. The zero-order valence-corrected chi connectivity index (χ0v) is 12.2. The van der Waals surface area contributed by atoms with Crippen LogP contribution < -0.4 is 10.1 Å². The van der Waals surface area contributed by atoms with E-state index in [1.807, 2.05) is 7.05 Å². The molecule has 0 aliphatic carbocycles. The maximum atomic E-state index is 12.5. The Balaban J connectivity index is 2.12. The number of piperidine rings is 1. The van der Waals surface area contributed by atoms with Gasteiger partial charge in [0, 0.05) is 25.2 Å². The van der Waals surface area contributed by atoms with Gasteiger partial charge in [0.05, 0.1) is 12.7 Å². The van der Waals surface area contributed by atoms with E-state index in [2.05, 4.69) is 12.2 Å². The Morgan fingerprint density at radius 2 is 2.25 bits per heavy atom. The number of nitrogens with zero attached hydrogens (tertiary/aromatic N) is 1. The van der Waals surface area contributed by atoms with Gasteiger partial charge < -0.3 is 20.1 Å². The average Bonchev–Trinajstić information content (AvgIpc) is 2.46. The van der Waals surface area contributed by atoms with Crippen LogP contribution in [0.4, 0.5) is 0 Å². The molecule has 1 aliphatic heterocycles. The van der Waals surface area contributed by atoms with Crippen molar-refractivity contribution in [1.82, 2.24) is 10.2 Å². The highest BCUT2D eigenvalue weighted by Crippen LogP contribution is 2.26. The molecule has 110 valence electrons. The zero-order valence-electron chi connectivity index (χ0n) is 12.2. The van der Waals surface area contributed by atoms with Gasteiger partial charge in [0.15, 0.2) is 0 Å². The number of hydrogen-bond acceptors (Lipinski definition) is 4. The normalized spacial score (nSPS) is 22.6. The predicted molar refractivity (Wildman–Crippen MR) is 77.2 cm³/mol. The molecule has 1 saturated heterocycles. The summed E-state index contributed by atoms with van der Waals surface area (Å²) in [5.41, 5.74) is 0.334. The second-order valence-electron chi connectivity index (χ2n) is 5.30. The molecule has 2 N–H and O–H groups in total. The minimum absolute atomic E-state index is 0.0299. The van der Waals surface area contributed by atoms with Gasteiger partial charge in [-0.3, -0.25) is 4.79 Å². The Morgan fingerprint density at radius 1 is 1.50 bits per heavy atom. The topological polar surface area (TPSA) is 61.8 Å². The molecule has 1 aromatic carbocycles. The summed E-state index contributed by atoms with van der Waals surface area (Å²) in [7, 11) is 3.48. The Kier molecular flexibility index (Phi) is 4.49. The van der Waals surface area contributed by atoms with Crippen molar-refractivity contribution < 1.29 is 14.6 Å². The molecule has 1 amide bonds. The lowest BCUT2D eigenvalue weighted by Gasteiger charge is -2.36. The van der Waals surface area contributed by atoms with Gasteiger partial charge in [-0.2, -0.15) is 0 Å². The molecule has 2 unspecified atom stereocenters. The number of carbonyl (C=O) groups excluding carboxylic acids is 1. The van der Waals surface area contributed by atoms with Crippen LogP contribution in [0, 0.1) is 5.92 Å². The number of nitrogens with one attached hydrogen (secondary N) is 1. The summed E-state index contributed by atoms with van der Waals surface area (Å²) in [5.74, 6) is 0.795. The summed E-state index contributed by atoms with van der Waals surface area (Å²) in [5, 5.41) is 13.2. The van der Waals surface area contributed by atoms with E-state index < -0.39 is 0 Å². The fraction of sp³-hybridized carbons (Fsp3) is 0.533. The van der Waals surface area contributed by atoms with Crippen LogP contribution in [0.3, 0.4) is 0 Å². The van der Waals surface area contributed by atoms with E-state index in [1.54, 1.807) is 17.0 Å². The van der Waals surface area contributed by atoms with Crippen molar-refractivity contribution >= 4 is 5.91 Å². The SMILES string of the molecule is CNC1CCN(C(=O)c2ccc(OC)cc2O)CC1C. The van der Waals surface area contributed by atoms with Crippen LogP contribution >= 0.6 is 0 Å². The van der Waals surface area contributed by atoms with Gasteiger partial charge in [-0.25, -0.2) is 0 Å². The van der Waals surface area contributed by atoms with E-state index >= 15 is 0 Å². The fourth-order valence-corrected chi connectivity index (χ4v) is 2.75. The second-order valence-corrected chi connectivity index (χ2v) is 5.30. The van der Waals surface area contributed by atoms with Crippen LogP contribution in [0.2, 0.25) is 0 Å². The summed E-state index contributed by atoms with van der Waals surface area (Å²) < 4.78 is 5.03. The molecular formula is C15H22N2O3. The molecule has 1 aliphatic rings. The second kappa shape index (κ2) is 6.13. The monoisotopic (exact) mass is 278 g/mol. The van der Waals surface area contributed by atoms with Gasteiger partial charge in [-0.05, 0) is 31.5 Å². The molecule has 1 fully saturated rings. The number of rotatable bonds is 3. The van der Waals surface area contributed by atoms with Gasteiger partial charge in [0.25, 0.3) is 5.91 Å². The van der Waals surface area contributed by atoms with E-state index in [0.29, 0.717) is 36.4 Å². The highest BCUT2D eigenvalue weighted by Gasteiger charge is 2.29. The Labute approximate surface area is 119 Å². The van der Waals surface area contributed by atoms with E-state index in [1.165, 1.54) is 13.2 Å². The third kappa shape index (κ3) is 2.88. The molecule has 0 bridgehead atoms. The Hall–Kier alpha value is -1.75. The standard InChI is InChI=1S/C15H22N2O3/c1-10-9-17(7-6-13(10)16-2)15(19)12-5-4-11(20-3)8-14(12)18/h4-5,8,10,13,16,18H,6-7,9H2,1-3H3. The van der Waals surface area contributed by atoms with Crippen molar-refractivity contribution in [3.63, 3.8) is 0 Å². The van der Waals surface area contributed by atoms with Crippen LogP contribution in [0.5, 0.6) is 11.5 Å². The molecule has 0 spiro atoms. The largest absolute Gasteiger partial charge is 0.507 e. The van der Waals surface area contributed by atoms with Gasteiger partial charge in [0.2, 0.25) is 0 Å². The molecule has 1 heterocycles. The van der Waals surface area contributed by atoms with E-state index in [-0.39, 0.29) is 11.7 Å². The van der Waals surface area contributed by atoms with Crippen LogP contribution in [-0.4, -0.2) is 49.2 Å². The minimum atomic E-state index is -0.119. The highest BCUT2D eigenvalue weighted by atomic mass is 16.5. The number of methoxy groups -OCH3 is 1.